The molecule has 0 bridgehead atoms. The molecule has 2 heterocycles. The Labute approximate surface area is 148 Å². The van der Waals surface area contributed by atoms with Crippen molar-refractivity contribution < 1.29 is 9.18 Å². The molecule has 2 aliphatic heterocycles. The van der Waals surface area contributed by atoms with Gasteiger partial charge in [0.2, 0.25) is 5.91 Å². The van der Waals surface area contributed by atoms with Crippen molar-refractivity contribution >= 4 is 17.3 Å². The van der Waals surface area contributed by atoms with Gasteiger partial charge in [-0.1, -0.05) is 31.2 Å². The van der Waals surface area contributed by atoms with Gasteiger partial charge >= 0.3 is 0 Å². The molecule has 2 aromatic rings. The van der Waals surface area contributed by atoms with Crippen LogP contribution in [0.4, 0.5) is 15.8 Å². The third-order valence-electron chi connectivity index (χ3n) is 5.45. The Bertz CT molecular complexity index is 796. The van der Waals surface area contributed by atoms with E-state index in [2.05, 4.69) is 4.90 Å². The number of fused-ring (bicyclic) bond motifs is 1. The van der Waals surface area contributed by atoms with Crippen LogP contribution in [0.15, 0.2) is 42.5 Å². The third kappa shape index (κ3) is 2.90. The first-order valence-corrected chi connectivity index (χ1v) is 9.10. The second kappa shape index (κ2) is 6.51. The molecule has 25 heavy (non-hydrogen) atoms. The van der Waals surface area contributed by atoms with Crippen molar-refractivity contribution in [3.63, 3.8) is 0 Å². The van der Waals surface area contributed by atoms with Gasteiger partial charge in [0.15, 0.2) is 0 Å². The number of piperidine rings is 1. The largest absolute Gasteiger partial charge is 0.369 e. The molecule has 0 aromatic heterocycles. The number of halogens is 1. The zero-order valence-corrected chi connectivity index (χ0v) is 14.5. The van der Waals surface area contributed by atoms with Crippen molar-refractivity contribution in [2.45, 2.75) is 38.6 Å². The SMILES string of the molecule is CCc1ccc(N2CCC(N3C(=O)Cc4ccccc43)CC2)c(F)c1. The Hall–Kier alpha value is -2.36. The molecule has 2 aromatic carbocycles. The molecule has 3 nitrogen and oxygen atoms in total. The standard InChI is InChI=1S/C21H23FN2O/c1-2-15-7-8-20(18(22)13-15)23-11-9-17(10-12-23)24-19-6-4-3-5-16(19)14-21(24)25/h3-8,13,17H,2,9-12,14H2,1H3. The molecule has 2 aliphatic rings. The van der Waals surface area contributed by atoms with Crippen LogP contribution in [0.3, 0.4) is 0 Å². The average Bonchev–Trinajstić information content (AvgIpc) is 2.97. The maximum absolute atomic E-state index is 14.4. The Balaban J connectivity index is 1.48. The van der Waals surface area contributed by atoms with Crippen LogP contribution >= 0.6 is 0 Å². The summed E-state index contributed by atoms with van der Waals surface area (Å²) >= 11 is 0. The smallest absolute Gasteiger partial charge is 0.231 e. The lowest BCUT2D eigenvalue weighted by Gasteiger charge is -2.38. The minimum absolute atomic E-state index is 0.139. The third-order valence-corrected chi connectivity index (χ3v) is 5.45. The number of carbonyl (C=O) groups excluding carboxylic acids is 1. The van der Waals surface area contributed by atoms with Gasteiger partial charge in [-0.25, -0.2) is 4.39 Å². The number of amides is 1. The summed E-state index contributed by atoms with van der Waals surface area (Å²) < 4.78 is 14.4. The molecule has 130 valence electrons. The van der Waals surface area contributed by atoms with Gasteiger partial charge in [-0.05, 0) is 48.6 Å². The molecule has 4 heteroatoms. The van der Waals surface area contributed by atoms with E-state index in [1.165, 1.54) is 0 Å². The monoisotopic (exact) mass is 338 g/mol. The Morgan fingerprint density at radius 2 is 1.84 bits per heavy atom. The first-order chi connectivity index (χ1) is 12.2. The Morgan fingerprint density at radius 1 is 1.08 bits per heavy atom. The van der Waals surface area contributed by atoms with Crippen LogP contribution in [0.1, 0.15) is 30.9 Å². The summed E-state index contributed by atoms with van der Waals surface area (Å²) in [4.78, 5) is 16.5. The summed E-state index contributed by atoms with van der Waals surface area (Å²) in [6.07, 6.45) is 3.09. The maximum atomic E-state index is 14.4. The van der Waals surface area contributed by atoms with Crippen molar-refractivity contribution in [3.8, 4) is 0 Å². The molecule has 1 fully saturated rings. The van der Waals surface area contributed by atoms with E-state index >= 15 is 0 Å². The summed E-state index contributed by atoms with van der Waals surface area (Å²) in [6, 6.07) is 13.8. The van der Waals surface area contributed by atoms with E-state index in [4.69, 9.17) is 0 Å². The highest BCUT2D eigenvalue weighted by Gasteiger charge is 2.34. The molecular formula is C21H23FN2O. The fourth-order valence-corrected chi connectivity index (χ4v) is 4.07. The van der Waals surface area contributed by atoms with Gasteiger partial charge in [0.25, 0.3) is 0 Å². The van der Waals surface area contributed by atoms with Gasteiger partial charge < -0.3 is 9.80 Å². The molecule has 0 atom stereocenters. The number of rotatable bonds is 3. The van der Waals surface area contributed by atoms with Crippen LogP contribution in [0.5, 0.6) is 0 Å². The number of hydrogen-bond donors (Lipinski definition) is 0. The molecule has 0 saturated carbocycles. The normalized spacial score (nSPS) is 17.9. The lowest BCUT2D eigenvalue weighted by atomic mass is 10.0. The van der Waals surface area contributed by atoms with Crippen LogP contribution in [-0.2, 0) is 17.6 Å². The number of nitrogens with zero attached hydrogens (tertiary/aromatic N) is 2. The predicted molar refractivity (Wildman–Crippen MR) is 98.6 cm³/mol. The zero-order valence-electron chi connectivity index (χ0n) is 14.5. The van der Waals surface area contributed by atoms with Gasteiger partial charge in [-0.15, -0.1) is 0 Å². The number of anilines is 2. The van der Waals surface area contributed by atoms with Gasteiger partial charge in [0.1, 0.15) is 5.82 Å². The fourth-order valence-electron chi connectivity index (χ4n) is 4.07. The van der Waals surface area contributed by atoms with Gasteiger partial charge in [-0.2, -0.15) is 0 Å². The van der Waals surface area contributed by atoms with E-state index in [1.54, 1.807) is 6.07 Å². The van der Waals surface area contributed by atoms with Crippen LogP contribution in [0.2, 0.25) is 0 Å². The average molecular weight is 338 g/mol. The van der Waals surface area contributed by atoms with E-state index < -0.39 is 0 Å². The first kappa shape index (κ1) is 16.1. The molecular weight excluding hydrogens is 315 g/mol. The molecule has 0 unspecified atom stereocenters. The van der Waals surface area contributed by atoms with Crippen LogP contribution in [-0.4, -0.2) is 25.0 Å². The molecule has 1 saturated heterocycles. The maximum Gasteiger partial charge on any atom is 0.231 e. The highest BCUT2D eigenvalue weighted by atomic mass is 19.1. The van der Waals surface area contributed by atoms with Gasteiger partial charge in [-0.3, -0.25) is 4.79 Å². The number of aryl methyl sites for hydroxylation is 1. The molecule has 0 N–H and O–H groups in total. The van der Waals surface area contributed by atoms with Crippen LogP contribution in [0.25, 0.3) is 0 Å². The summed E-state index contributed by atoms with van der Waals surface area (Å²) in [7, 11) is 0. The molecule has 1 amide bonds. The first-order valence-electron chi connectivity index (χ1n) is 9.10. The zero-order chi connectivity index (χ0) is 17.4. The second-order valence-electron chi connectivity index (χ2n) is 6.93. The highest BCUT2D eigenvalue weighted by Crippen LogP contribution is 2.34. The lowest BCUT2D eigenvalue weighted by molar-refractivity contribution is -0.117. The number of hydrogen-bond acceptors (Lipinski definition) is 2. The lowest BCUT2D eigenvalue weighted by Crippen LogP contribution is -2.46. The minimum atomic E-state index is -0.139. The molecule has 0 radical (unpaired) electrons. The van der Waals surface area contributed by atoms with E-state index in [0.29, 0.717) is 12.1 Å². The molecule has 0 aliphatic carbocycles. The Morgan fingerprint density at radius 3 is 2.56 bits per heavy atom. The Kier molecular flexibility index (Phi) is 4.20. The van der Waals surface area contributed by atoms with Crippen molar-refractivity contribution in [1.29, 1.82) is 0 Å². The van der Waals surface area contributed by atoms with E-state index in [1.807, 2.05) is 48.2 Å². The summed E-state index contributed by atoms with van der Waals surface area (Å²) in [6.45, 7) is 3.59. The predicted octanol–water partition coefficient (Wildman–Crippen LogP) is 3.95. The minimum Gasteiger partial charge on any atom is -0.369 e. The van der Waals surface area contributed by atoms with E-state index in [0.717, 1.165) is 49.2 Å². The van der Waals surface area contributed by atoms with Crippen LogP contribution in [0, 0.1) is 5.82 Å². The van der Waals surface area contributed by atoms with Crippen molar-refractivity contribution in [2.75, 3.05) is 22.9 Å². The van der Waals surface area contributed by atoms with Gasteiger partial charge in [0, 0.05) is 24.8 Å². The summed E-state index contributed by atoms with van der Waals surface area (Å²) in [5.41, 5.74) is 3.89. The van der Waals surface area contributed by atoms with Crippen molar-refractivity contribution in [1.82, 2.24) is 0 Å². The number of carbonyl (C=O) groups is 1. The quantitative estimate of drug-likeness (QED) is 0.846. The van der Waals surface area contributed by atoms with Crippen LogP contribution < -0.4 is 9.80 Å². The van der Waals surface area contributed by atoms with E-state index in [-0.39, 0.29) is 17.8 Å². The molecule has 0 spiro atoms. The second-order valence-corrected chi connectivity index (χ2v) is 6.93. The summed E-state index contributed by atoms with van der Waals surface area (Å²) in [5, 5.41) is 0. The van der Waals surface area contributed by atoms with E-state index in [9.17, 15) is 9.18 Å². The number of para-hydroxylation sites is 1. The highest BCUT2D eigenvalue weighted by molar-refractivity contribution is 6.01. The van der Waals surface area contributed by atoms with Crippen molar-refractivity contribution in [3.05, 3.63) is 59.4 Å². The number of benzene rings is 2. The fraction of sp³-hybridized carbons (Fsp3) is 0.381. The topological polar surface area (TPSA) is 23.6 Å². The van der Waals surface area contributed by atoms with Crippen molar-refractivity contribution in [2.24, 2.45) is 0 Å². The summed E-state index contributed by atoms with van der Waals surface area (Å²) in [5.74, 6) is 0.0542. The van der Waals surface area contributed by atoms with Gasteiger partial charge in [0.05, 0.1) is 12.1 Å². The molecule has 4 rings (SSSR count).